The zero-order valence-electron chi connectivity index (χ0n) is 9.39. The number of carboxylic acids is 2. The van der Waals surface area contributed by atoms with Gasteiger partial charge in [-0.25, -0.2) is 9.18 Å². The largest absolute Gasteiger partial charge is 0.481 e. The van der Waals surface area contributed by atoms with Gasteiger partial charge in [-0.05, 0) is 18.2 Å². The van der Waals surface area contributed by atoms with Crippen LogP contribution >= 0.6 is 11.6 Å². The Morgan fingerprint density at radius 3 is 2.47 bits per heavy atom. The first-order valence-corrected chi connectivity index (χ1v) is 5.39. The minimum absolute atomic E-state index is 0.0941. The van der Waals surface area contributed by atoms with E-state index >= 15 is 0 Å². The quantitative estimate of drug-likeness (QED) is 0.754. The lowest BCUT2D eigenvalue weighted by Gasteiger charge is -2.12. The Balaban J connectivity index is 2.90. The molecule has 0 saturated heterocycles. The zero-order chi connectivity index (χ0) is 14.6. The van der Waals surface area contributed by atoms with Crippen LogP contribution in [0.2, 0.25) is 5.02 Å². The highest BCUT2D eigenvalue weighted by Gasteiger charge is 2.24. The molecule has 1 amide bonds. The molecule has 0 saturated carbocycles. The van der Waals surface area contributed by atoms with E-state index in [2.05, 4.69) is 0 Å². The Morgan fingerprint density at radius 1 is 1.32 bits per heavy atom. The van der Waals surface area contributed by atoms with Gasteiger partial charge >= 0.3 is 11.9 Å². The maximum absolute atomic E-state index is 13.4. The Hall–Kier alpha value is -2.15. The van der Waals surface area contributed by atoms with Crippen molar-refractivity contribution in [3.8, 4) is 0 Å². The number of hydrogen-bond acceptors (Lipinski definition) is 3. The van der Waals surface area contributed by atoms with E-state index in [4.69, 9.17) is 21.8 Å². The molecule has 0 spiro atoms. The summed E-state index contributed by atoms with van der Waals surface area (Å²) in [5.74, 6) is -4.87. The average Bonchev–Trinajstić information content (AvgIpc) is 2.30. The van der Waals surface area contributed by atoms with E-state index in [1.165, 1.54) is 6.07 Å². The maximum atomic E-state index is 13.4. The molecule has 3 N–H and O–H groups in total. The molecular weight excluding hydrogens is 281 g/mol. The molecule has 1 aromatic carbocycles. The van der Waals surface area contributed by atoms with Gasteiger partial charge in [0.2, 0.25) is 0 Å². The first kappa shape index (κ1) is 14.9. The molecular formula is C11H9ClFNO5. The van der Waals surface area contributed by atoms with Gasteiger partial charge in [0.1, 0.15) is 11.9 Å². The fraction of sp³-hybridized carbons (Fsp3) is 0.182. The lowest BCUT2D eigenvalue weighted by atomic mass is 10.1. The van der Waals surface area contributed by atoms with Crippen molar-refractivity contribution in [3.05, 3.63) is 34.6 Å². The highest BCUT2D eigenvalue weighted by molar-refractivity contribution is 6.31. The van der Waals surface area contributed by atoms with Gasteiger partial charge in [0.25, 0.3) is 5.91 Å². The van der Waals surface area contributed by atoms with E-state index in [0.717, 1.165) is 12.1 Å². The van der Waals surface area contributed by atoms with Gasteiger partial charge in [0.05, 0.1) is 12.0 Å². The second-order valence-electron chi connectivity index (χ2n) is 3.59. The van der Waals surface area contributed by atoms with Crippen LogP contribution in [0.1, 0.15) is 16.8 Å². The van der Waals surface area contributed by atoms with Crippen LogP contribution in [0.25, 0.3) is 0 Å². The van der Waals surface area contributed by atoms with Crippen molar-refractivity contribution in [3.63, 3.8) is 0 Å². The van der Waals surface area contributed by atoms with Crippen LogP contribution in [-0.4, -0.2) is 34.1 Å². The van der Waals surface area contributed by atoms with Crippen LogP contribution in [0.3, 0.4) is 0 Å². The number of aliphatic carboxylic acids is 2. The standard InChI is InChI=1S/C11H9ClFNO5/c12-5-1-2-7(13)6(3-5)10(17)14-8(11(18)19)4-9(15)16/h1-3,8H,4H2,(H,14,17)(H,15,16)(H,18,19)/t8-/m1/s1. The summed E-state index contributed by atoms with van der Waals surface area (Å²) in [6.07, 6.45) is -0.816. The van der Waals surface area contributed by atoms with Crippen LogP contribution in [0.15, 0.2) is 18.2 Å². The van der Waals surface area contributed by atoms with Gasteiger partial charge < -0.3 is 15.5 Å². The van der Waals surface area contributed by atoms with Crippen molar-refractivity contribution in [2.45, 2.75) is 12.5 Å². The summed E-state index contributed by atoms with van der Waals surface area (Å²) in [5.41, 5.74) is -0.455. The topological polar surface area (TPSA) is 104 Å². The number of nitrogens with one attached hydrogen (secondary N) is 1. The molecule has 19 heavy (non-hydrogen) atoms. The van der Waals surface area contributed by atoms with E-state index in [1.807, 2.05) is 5.32 Å². The molecule has 1 aromatic rings. The summed E-state index contributed by atoms with van der Waals surface area (Å²) in [7, 11) is 0. The lowest BCUT2D eigenvalue weighted by Crippen LogP contribution is -2.42. The average molecular weight is 290 g/mol. The number of carbonyl (C=O) groups excluding carboxylic acids is 1. The summed E-state index contributed by atoms with van der Waals surface area (Å²) in [6.45, 7) is 0. The van der Waals surface area contributed by atoms with Gasteiger partial charge in [-0.15, -0.1) is 0 Å². The molecule has 0 bridgehead atoms. The van der Waals surface area contributed by atoms with E-state index in [-0.39, 0.29) is 5.02 Å². The summed E-state index contributed by atoms with van der Waals surface area (Å²) in [4.78, 5) is 32.8. The zero-order valence-corrected chi connectivity index (χ0v) is 10.1. The summed E-state index contributed by atoms with van der Waals surface area (Å²) < 4.78 is 13.4. The van der Waals surface area contributed by atoms with Crippen LogP contribution in [0.5, 0.6) is 0 Å². The van der Waals surface area contributed by atoms with Gasteiger partial charge in [-0.1, -0.05) is 11.6 Å². The molecule has 0 heterocycles. The van der Waals surface area contributed by atoms with E-state index in [0.29, 0.717) is 0 Å². The van der Waals surface area contributed by atoms with E-state index in [1.54, 1.807) is 0 Å². The second kappa shape index (κ2) is 6.14. The summed E-state index contributed by atoms with van der Waals surface area (Å²) in [5, 5.41) is 19.3. The first-order chi connectivity index (χ1) is 8.81. The van der Waals surface area contributed by atoms with Gasteiger partial charge in [-0.2, -0.15) is 0 Å². The van der Waals surface area contributed by atoms with Crippen LogP contribution in [0.4, 0.5) is 4.39 Å². The molecule has 0 aromatic heterocycles. The number of benzene rings is 1. The van der Waals surface area contributed by atoms with Crippen LogP contribution in [-0.2, 0) is 9.59 Å². The predicted molar refractivity (Wildman–Crippen MR) is 62.6 cm³/mol. The number of carbonyl (C=O) groups is 3. The Labute approximate surface area is 111 Å². The highest BCUT2D eigenvalue weighted by atomic mass is 35.5. The van der Waals surface area contributed by atoms with Gasteiger partial charge in [-0.3, -0.25) is 9.59 Å². The third-order valence-corrected chi connectivity index (χ3v) is 2.39. The van der Waals surface area contributed by atoms with Crippen LogP contribution < -0.4 is 5.32 Å². The second-order valence-corrected chi connectivity index (χ2v) is 4.02. The number of amides is 1. The number of hydrogen-bond donors (Lipinski definition) is 3. The third kappa shape index (κ3) is 4.22. The monoisotopic (exact) mass is 289 g/mol. The van der Waals surface area contributed by atoms with E-state index < -0.39 is 41.7 Å². The fourth-order valence-electron chi connectivity index (χ4n) is 1.28. The number of rotatable bonds is 5. The Morgan fingerprint density at radius 2 is 1.95 bits per heavy atom. The van der Waals surface area contributed by atoms with Crippen LogP contribution in [0, 0.1) is 5.82 Å². The Bertz CT molecular complexity index is 534. The molecule has 6 nitrogen and oxygen atoms in total. The highest BCUT2D eigenvalue weighted by Crippen LogP contribution is 2.15. The molecule has 0 radical (unpaired) electrons. The predicted octanol–water partition coefficient (Wildman–Crippen LogP) is 1.14. The van der Waals surface area contributed by atoms with Crippen molar-refractivity contribution >= 4 is 29.4 Å². The molecule has 0 aliphatic rings. The van der Waals surface area contributed by atoms with Crippen molar-refractivity contribution < 1.29 is 29.0 Å². The fourth-order valence-corrected chi connectivity index (χ4v) is 1.45. The molecule has 102 valence electrons. The number of halogens is 2. The van der Waals surface area contributed by atoms with Gasteiger partial charge in [0, 0.05) is 5.02 Å². The van der Waals surface area contributed by atoms with E-state index in [9.17, 15) is 18.8 Å². The molecule has 0 fully saturated rings. The molecule has 1 rings (SSSR count). The van der Waals surface area contributed by atoms with Gasteiger partial charge in [0.15, 0.2) is 0 Å². The molecule has 0 unspecified atom stereocenters. The van der Waals surface area contributed by atoms with Crippen molar-refractivity contribution in [1.29, 1.82) is 0 Å². The Kier molecular flexibility index (Phi) is 4.82. The lowest BCUT2D eigenvalue weighted by molar-refractivity contribution is -0.145. The maximum Gasteiger partial charge on any atom is 0.326 e. The molecule has 0 aliphatic carbocycles. The van der Waals surface area contributed by atoms with Crippen molar-refractivity contribution in [1.82, 2.24) is 5.32 Å². The minimum Gasteiger partial charge on any atom is -0.481 e. The number of carboxylic acid groups (broad SMARTS) is 2. The summed E-state index contributed by atoms with van der Waals surface area (Å²) >= 11 is 5.59. The summed E-state index contributed by atoms with van der Waals surface area (Å²) in [6, 6.07) is 1.54. The minimum atomic E-state index is -1.65. The first-order valence-electron chi connectivity index (χ1n) is 5.01. The molecule has 0 aliphatic heterocycles. The van der Waals surface area contributed by atoms with Crippen molar-refractivity contribution in [2.24, 2.45) is 0 Å². The molecule has 8 heteroatoms. The smallest absolute Gasteiger partial charge is 0.326 e. The SMILES string of the molecule is O=C(O)C[C@@H](NC(=O)c1cc(Cl)ccc1F)C(=O)O. The third-order valence-electron chi connectivity index (χ3n) is 2.16. The normalized spacial score (nSPS) is 11.7. The van der Waals surface area contributed by atoms with Crippen molar-refractivity contribution in [2.75, 3.05) is 0 Å². The molecule has 1 atom stereocenters.